The van der Waals surface area contributed by atoms with Gasteiger partial charge in [-0.3, -0.25) is 0 Å². The molecule has 1 aromatic heterocycles. The van der Waals surface area contributed by atoms with Crippen LogP contribution in [0.2, 0.25) is 5.02 Å². The van der Waals surface area contributed by atoms with Gasteiger partial charge < -0.3 is 0 Å². The highest BCUT2D eigenvalue weighted by atomic mass is 79.9. The van der Waals surface area contributed by atoms with E-state index in [1.54, 1.807) is 12.1 Å². The van der Waals surface area contributed by atoms with E-state index in [0.29, 0.717) is 14.9 Å². The van der Waals surface area contributed by atoms with Crippen molar-refractivity contribution in [2.75, 3.05) is 0 Å². The van der Waals surface area contributed by atoms with Crippen LogP contribution in [-0.4, -0.2) is 0 Å². The molecule has 0 aliphatic rings. The minimum atomic E-state index is -0.240. The van der Waals surface area contributed by atoms with Crippen molar-refractivity contribution < 1.29 is 4.39 Å². The van der Waals surface area contributed by atoms with Gasteiger partial charge in [-0.05, 0) is 33.4 Å². The molecule has 0 aliphatic heterocycles. The van der Waals surface area contributed by atoms with E-state index >= 15 is 0 Å². The summed E-state index contributed by atoms with van der Waals surface area (Å²) in [5.74, 6) is -0.240. The fourth-order valence-electron chi connectivity index (χ4n) is 1.04. The second kappa shape index (κ2) is 2.98. The summed E-state index contributed by atoms with van der Waals surface area (Å²) in [6.07, 6.45) is 0. The fourth-order valence-corrected chi connectivity index (χ4v) is 2.75. The summed E-state index contributed by atoms with van der Waals surface area (Å²) in [5.41, 5.74) is 0. The number of hydrogen-bond acceptors (Lipinski definition) is 1. The summed E-state index contributed by atoms with van der Waals surface area (Å²) in [5, 5.41) is 3.00. The lowest BCUT2D eigenvalue weighted by atomic mass is 10.2. The molecule has 0 radical (unpaired) electrons. The molecular formula is C8H3BrClFS. The summed E-state index contributed by atoms with van der Waals surface area (Å²) in [6, 6.07) is 3.31. The van der Waals surface area contributed by atoms with Gasteiger partial charge in [0.05, 0.1) is 14.2 Å². The fraction of sp³-hybridized carbons (Fsp3) is 0. The van der Waals surface area contributed by atoms with Gasteiger partial charge in [0.1, 0.15) is 5.82 Å². The Morgan fingerprint density at radius 2 is 2.25 bits per heavy atom. The molecule has 0 nitrogen and oxygen atoms in total. The van der Waals surface area contributed by atoms with Crippen molar-refractivity contribution in [1.82, 2.24) is 0 Å². The molecule has 0 bridgehead atoms. The minimum Gasteiger partial charge on any atom is -0.205 e. The largest absolute Gasteiger partial charge is 0.205 e. The maximum Gasteiger partial charge on any atom is 0.146 e. The van der Waals surface area contributed by atoms with Crippen molar-refractivity contribution in [2.45, 2.75) is 0 Å². The molecule has 0 unspecified atom stereocenters. The number of hydrogen-bond donors (Lipinski definition) is 0. The molecule has 0 N–H and O–H groups in total. The van der Waals surface area contributed by atoms with Gasteiger partial charge in [-0.15, -0.1) is 11.3 Å². The minimum absolute atomic E-state index is 0.240. The second-order valence-electron chi connectivity index (χ2n) is 2.32. The molecule has 62 valence electrons. The van der Waals surface area contributed by atoms with Crippen molar-refractivity contribution in [3.8, 4) is 0 Å². The van der Waals surface area contributed by atoms with Crippen LogP contribution in [0.4, 0.5) is 4.39 Å². The van der Waals surface area contributed by atoms with Crippen molar-refractivity contribution in [3.05, 3.63) is 32.8 Å². The molecule has 0 saturated carbocycles. The first-order valence-electron chi connectivity index (χ1n) is 3.21. The van der Waals surface area contributed by atoms with Crippen molar-refractivity contribution in [1.29, 1.82) is 0 Å². The SMILES string of the molecule is Fc1c(Br)cc(Cl)c2sccc12. The molecule has 2 rings (SSSR count). The van der Waals surface area contributed by atoms with Gasteiger partial charge in [0, 0.05) is 5.39 Å². The van der Waals surface area contributed by atoms with Gasteiger partial charge in [-0.2, -0.15) is 0 Å². The zero-order chi connectivity index (χ0) is 8.72. The average molecular weight is 266 g/mol. The van der Waals surface area contributed by atoms with Gasteiger partial charge >= 0.3 is 0 Å². The van der Waals surface area contributed by atoms with E-state index in [-0.39, 0.29) is 5.82 Å². The van der Waals surface area contributed by atoms with Crippen molar-refractivity contribution >= 4 is 49.0 Å². The smallest absolute Gasteiger partial charge is 0.146 e. The van der Waals surface area contributed by atoms with E-state index < -0.39 is 0 Å². The Morgan fingerprint density at radius 3 is 3.00 bits per heavy atom. The first-order valence-corrected chi connectivity index (χ1v) is 5.26. The Bertz CT molecular complexity index is 438. The average Bonchev–Trinajstić information content (AvgIpc) is 2.48. The topological polar surface area (TPSA) is 0 Å². The summed E-state index contributed by atoms with van der Waals surface area (Å²) in [4.78, 5) is 0. The third-order valence-electron chi connectivity index (χ3n) is 1.58. The zero-order valence-corrected chi connectivity index (χ0v) is 8.93. The molecule has 0 atom stereocenters. The highest BCUT2D eigenvalue weighted by Crippen LogP contribution is 2.34. The van der Waals surface area contributed by atoms with Crippen LogP contribution in [0.15, 0.2) is 22.0 Å². The highest BCUT2D eigenvalue weighted by Gasteiger charge is 2.09. The van der Waals surface area contributed by atoms with Crippen LogP contribution in [0.5, 0.6) is 0 Å². The summed E-state index contributed by atoms with van der Waals surface area (Å²) < 4.78 is 14.5. The molecule has 0 fully saturated rings. The Morgan fingerprint density at radius 1 is 1.50 bits per heavy atom. The molecule has 4 heteroatoms. The molecule has 0 saturated heterocycles. The maximum atomic E-state index is 13.3. The lowest BCUT2D eigenvalue weighted by Gasteiger charge is -1.97. The Hall–Kier alpha value is -0.120. The Balaban J connectivity index is 2.97. The van der Waals surface area contributed by atoms with E-state index in [1.165, 1.54) is 11.3 Å². The van der Waals surface area contributed by atoms with E-state index in [0.717, 1.165) is 4.70 Å². The molecule has 0 aliphatic carbocycles. The van der Waals surface area contributed by atoms with Gasteiger partial charge in [0.25, 0.3) is 0 Å². The van der Waals surface area contributed by atoms with Gasteiger partial charge in [0.15, 0.2) is 0 Å². The van der Waals surface area contributed by atoms with E-state index in [2.05, 4.69) is 15.9 Å². The second-order valence-corrected chi connectivity index (χ2v) is 4.50. The predicted octanol–water partition coefficient (Wildman–Crippen LogP) is 4.46. The third-order valence-corrected chi connectivity index (χ3v) is 3.52. The molecule has 1 aromatic carbocycles. The predicted molar refractivity (Wildman–Crippen MR) is 54.5 cm³/mol. The number of rotatable bonds is 0. The van der Waals surface area contributed by atoms with E-state index in [1.807, 2.05) is 5.38 Å². The van der Waals surface area contributed by atoms with Crippen LogP contribution in [-0.2, 0) is 0 Å². The van der Waals surface area contributed by atoms with Crippen molar-refractivity contribution in [3.63, 3.8) is 0 Å². The summed E-state index contributed by atoms with van der Waals surface area (Å²) in [6.45, 7) is 0. The molecular weight excluding hydrogens is 263 g/mol. The molecule has 2 aromatic rings. The number of fused-ring (bicyclic) bond motifs is 1. The standard InChI is InChI=1S/C8H3BrClFS/c9-5-3-6(10)8-4(7(5)11)1-2-12-8/h1-3H. The van der Waals surface area contributed by atoms with Crippen LogP contribution in [0.25, 0.3) is 10.1 Å². The third kappa shape index (κ3) is 1.16. The van der Waals surface area contributed by atoms with Crippen molar-refractivity contribution in [2.24, 2.45) is 0 Å². The number of halogens is 3. The lowest BCUT2D eigenvalue weighted by Crippen LogP contribution is -1.77. The number of benzene rings is 1. The summed E-state index contributed by atoms with van der Waals surface area (Å²) >= 11 is 10.4. The van der Waals surface area contributed by atoms with Crippen LogP contribution in [0, 0.1) is 5.82 Å². The Labute approximate surface area is 86.1 Å². The summed E-state index contributed by atoms with van der Waals surface area (Å²) in [7, 11) is 0. The maximum absolute atomic E-state index is 13.3. The highest BCUT2D eigenvalue weighted by molar-refractivity contribution is 9.10. The first-order chi connectivity index (χ1) is 5.70. The molecule has 1 heterocycles. The van der Waals surface area contributed by atoms with Gasteiger partial charge in [-0.1, -0.05) is 11.6 Å². The van der Waals surface area contributed by atoms with E-state index in [9.17, 15) is 4.39 Å². The normalized spacial score (nSPS) is 10.9. The lowest BCUT2D eigenvalue weighted by molar-refractivity contribution is 0.633. The van der Waals surface area contributed by atoms with E-state index in [4.69, 9.17) is 11.6 Å². The van der Waals surface area contributed by atoms with Gasteiger partial charge in [0.2, 0.25) is 0 Å². The number of thiophene rings is 1. The Kier molecular flexibility index (Phi) is 2.10. The van der Waals surface area contributed by atoms with Crippen LogP contribution >= 0.6 is 38.9 Å². The quantitative estimate of drug-likeness (QED) is 0.617. The zero-order valence-electron chi connectivity index (χ0n) is 5.77. The van der Waals surface area contributed by atoms with Crippen LogP contribution in [0.1, 0.15) is 0 Å². The van der Waals surface area contributed by atoms with Gasteiger partial charge in [-0.25, -0.2) is 4.39 Å². The van der Waals surface area contributed by atoms with Crippen LogP contribution < -0.4 is 0 Å². The molecule has 12 heavy (non-hydrogen) atoms. The van der Waals surface area contributed by atoms with Crippen LogP contribution in [0.3, 0.4) is 0 Å². The molecule has 0 amide bonds. The monoisotopic (exact) mass is 264 g/mol. The first kappa shape index (κ1) is 8.48. The molecule has 0 spiro atoms.